The van der Waals surface area contributed by atoms with Gasteiger partial charge in [-0.2, -0.15) is 5.26 Å². The quantitative estimate of drug-likeness (QED) is 0.726. The monoisotopic (exact) mass is 321 g/mol. The van der Waals surface area contributed by atoms with Gasteiger partial charge in [0.15, 0.2) is 5.13 Å². The van der Waals surface area contributed by atoms with Gasteiger partial charge in [-0.3, -0.25) is 0 Å². The van der Waals surface area contributed by atoms with Gasteiger partial charge < -0.3 is 9.80 Å². The summed E-state index contributed by atoms with van der Waals surface area (Å²) in [5.74, 6) is 0.938. The summed E-state index contributed by atoms with van der Waals surface area (Å²) in [5.41, 5.74) is 1.67. The van der Waals surface area contributed by atoms with E-state index in [2.05, 4.69) is 39.1 Å². The Labute approximate surface area is 138 Å². The summed E-state index contributed by atoms with van der Waals surface area (Å²) in [6.07, 6.45) is 1.63. The van der Waals surface area contributed by atoms with Gasteiger partial charge in [0.1, 0.15) is 11.9 Å². The molecule has 5 nitrogen and oxygen atoms in total. The number of piperazine rings is 1. The predicted octanol–water partition coefficient (Wildman–Crippen LogP) is 2.89. The Hall–Kier alpha value is -2.65. The standard InChI is InChI=1S/C17H15N5S/c18-11-13-5-6-16(19-12-13)21-7-9-22(10-8-21)17-20-14-3-1-2-4-15(14)23-17/h1-6,12H,7-10H2. The van der Waals surface area contributed by atoms with E-state index in [0.29, 0.717) is 5.56 Å². The normalized spacial score (nSPS) is 14.9. The van der Waals surface area contributed by atoms with Gasteiger partial charge in [-0.05, 0) is 24.3 Å². The van der Waals surface area contributed by atoms with Crippen molar-refractivity contribution in [3.8, 4) is 6.07 Å². The number of para-hydroxylation sites is 1. The molecule has 0 saturated carbocycles. The number of benzene rings is 1. The highest BCUT2D eigenvalue weighted by molar-refractivity contribution is 7.22. The second kappa shape index (κ2) is 5.86. The average Bonchev–Trinajstić information content (AvgIpc) is 3.06. The minimum atomic E-state index is 0.599. The van der Waals surface area contributed by atoms with E-state index in [9.17, 15) is 0 Å². The molecule has 0 bridgehead atoms. The molecule has 1 fully saturated rings. The van der Waals surface area contributed by atoms with Crippen LogP contribution in [0.2, 0.25) is 0 Å². The van der Waals surface area contributed by atoms with Crippen LogP contribution in [-0.2, 0) is 0 Å². The Bertz CT molecular complexity index is 824. The Morgan fingerprint density at radius 2 is 1.78 bits per heavy atom. The SMILES string of the molecule is N#Cc1ccc(N2CCN(c3nc4ccccc4s3)CC2)nc1. The molecule has 3 heterocycles. The third-order valence-corrected chi connectivity index (χ3v) is 5.13. The van der Waals surface area contributed by atoms with Gasteiger partial charge in [0.25, 0.3) is 0 Å². The van der Waals surface area contributed by atoms with Gasteiger partial charge in [0.05, 0.1) is 15.8 Å². The zero-order valence-electron chi connectivity index (χ0n) is 12.5. The van der Waals surface area contributed by atoms with Crippen LogP contribution < -0.4 is 9.80 Å². The first kappa shape index (κ1) is 14.0. The number of anilines is 2. The number of aromatic nitrogens is 2. The number of pyridine rings is 1. The molecule has 0 atom stereocenters. The molecule has 0 N–H and O–H groups in total. The minimum Gasteiger partial charge on any atom is -0.353 e. The van der Waals surface area contributed by atoms with E-state index in [1.807, 2.05) is 18.2 Å². The third-order valence-electron chi connectivity index (χ3n) is 4.03. The first-order chi connectivity index (χ1) is 11.3. The number of nitrogens with zero attached hydrogens (tertiary/aromatic N) is 5. The number of nitriles is 1. The summed E-state index contributed by atoms with van der Waals surface area (Å²) in [6, 6.07) is 14.1. The zero-order chi connectivity index (χ0) is 15.6. The van der Waals surface area contributed by atoms with Gasteiger partial charge in [-0.15, -0.1) is 0 Å². The summed E-state index contributed by atoms with van der Waals surface area (Å²) in [6.45, 7) is 3.69. The lowest BCUT2D eigenvalue weighted by molar-refractivity contribution is 0.646. The molecule has 3 aromatic rings. The first-order valence-electron chi connectivity index (χ1n) is 7.55. The van der Waals surface area contributed by atoms with Gasteiger partial charge in [-0.25, -0.2) is 9.97 Å². The molecule has 4 rings (SSSR count). The summed E-state index contributed by atoms with van der Waals surface area (Å²) >= 11 is 1.75. The topological polar surface area (TPSA) is 56.1 Å². The van der Waals surface area contributed by atoms with E-state index in [1.54, 1.807) is 17.5 Å². The second-order valence-corrected chi connectivity index (χ2v) is 6.46. The van der Waals surface area contributed by atoms with Crippen molar-refractivity contribution in [2.75, 3.05) is 36.0 Å². The van der Waals surface area contributed by atoms with Crippen LogP contribution in [0.1, 0.15) is 5.56 Å². The summed E-state index contributed by atoms with van der Waals surface area (Å²) in [7, 11) is 0. The zero-order valence-corrected chi connectivity index (χ0v) is 13.3. The Morgan fingerprint density at radius 3 is 2.48 bits per heavy atom. The van der Waals surface area contributed by atoms with E-state index in [0.717, 1.165) is 42.6 Å². The Morgan fingerprint density at radius 1 is 1.00 bits per heavy atom. The van der Waals surface area contributed by atoms with E-state index in [4.69, 9.17) is 10.2 Å². The van der Waals surface area contributed by atoms with Crippen LogP contribution in [-0.4, -0.2) is 36.1 Å². The van der Waals surface area contributed by atoms with E-state index < -0.39 is 0 Å². The van der Waals surface area contributed by atoms with Gasteiger partial charge in [0, 0.05) is 32.4 Å². The lowest BCUT2D eigenvalue weighted by atomic mass is 10.3. The van der Waals surface area contributed by atoms with Crippen molar-refractivity contribution in [3.63, 3.8) is 0 Å². The lowest BCUT2D eigenvalue weighted by Crippen LogP contribution is -2.46. The minimum absolute atomic E-state index is 0.599. The molecule has 6 heteroatoms. The molecular weight excluding hydrogens is 306 g/mol. The van der Waals surface area contributed by atoms with Crippen LogP contribution in [0.15, 0.2) is 42.6 Å². The fourth-order valence-corrected chi connectivity index (χ4v) is 3.78. The van der Waals surface area contributed by atoms with Crippen LogP contribution in [0.5, 0.6) is 0 Å². The fraction of sp³-hybridized carbons (Fsp3) is 0.235. The number of rotatable bonds is 2. The molecule has 0 unspecified atom stereocenters. The fourth-order valence-electron chi connectivity index (χ4n) is 2.76. The summed E-state index contributed by atoms with van der Waals surface area (Å²) < 4.78 is 1.23. The summed E-state index contributed by atoms with van der Waals surface area (Å²) in [5, 5.41) is 9.94. The van der Waals surface area contributed by atoms with Crippen LogP contribution in [0.4, 0.5) is 10.9 Å². The molecule has 1 aromatic carbocycles. The maximum Gasteiger partial charge on any atom is 0.186 e. The van der Waals surface area contributed by atoms with Crippen LogP contribution >= 0.6 is 11.3 Å². The van der Waals surface area contributed by atoms with Crippen molar-refractivity contribution < 1.29 is 0 Å². The average molecular weight is 321 g/mol. The van der Waals surface area contributed by atoms with Crippen molar-refractivity contribution in [2.45, 2.75) is 0 Å². The molecule has 0 aliphatic carbocycles. The van der Waals surface area contributed by atoms with Crippen molar-refractivity contribution in [1.82, 2.24) is 9.97 Å². The molecule has 23 heavy (non-hydrogen) atoms. The van der Waals surface area contributed by atoms with Gasteiger partial charge in [0.2, 0.25) is 0 Å². The highest BCUT2D eigenvalue weighted by Gasteiger charge is 2.20. The highest BCUT2D eigenvalue weighted by Crippen LogP contribution is 2.29. The van der Waals surface area contributed by atoms with Gasteiger partial charge >= 0.3 is 0 Å². The molecular formula is C17H15N5S. The van der Waals surface area contributed by atoms with Crippen molar-refractivity contribution in [3.05, 3.63) is 48.2 Å². The molecule has 1 aliphatic heterocycles. The van der Waals surface area contributed by atoms with Crippen molar-refractivity contribution >= 4 is 32.5 Å². The van der Waals surface area contributed by atoms with Crippen molar-refractivity contribution in [1.29, 1.82) is 5.26 Å². The third kappa shape index (κ3) is 2.71. The molecule has 0 spiro atoms. The van der Waals surface area contributed by atoms with E-state index >= 15 is 0 Å². The second-order valence-electron chi connectivity index (χ2n) is 5.46. The molecule has 0 amide bonds. The summed E-state index contributed by atoms with van der Waals surface area (Å²) in [4.78, 5) is 13.7. The largest absolute Gasteiger partial charge is 0.353 e. The number of hydrogen-bond donors (Lipinski definition) is 0. The van der Waals surface area contributed by atoms with Crippen LogP contribution in [0.3, 0.4) is 0 Å². The molecule has 2 aromatic heterocycles. The van der Waals surface area contributed by atoms with Gasteiger partial charge in [-0.1, -0.05) is 23.5 Å². The smallest absolute Gasteiger partial charge is 0.186 e. The van der Waals surface area contributed by atoms with E-state index in [1.165, 1.54) is 4.70 Å². The molecule has 1 aliphatic rings. The maximum absolute atomic E-state index is 8.84. The first-order valence-corrected chi connectivity index (χ1v) is 8.37. The molecule has 1 saturated heterocycles. The molecule has 114 valence electrons. The highest BCUT2D eigenvalue weighted by atomic mass is 32.1. The number of hydrogen-bond acceptors (Lipinski definition) is 6. The van der Waals surface area contributed by atoms with Crippen molar-refractivity contribution in [2.24, 2.45) is 0 Å². The Balaban J connectivity index is 1.46. The Kier molecular flexibility index (Phi) is 3.56. The molecule has 0 radical (unpaired) electrons. The van der Waals surface area contributed by atoms with E-state index in [-0.39, 0.29) is 0 Å². The lowest BCUT2D eigenvalue weighted by Gasteiger charge is -2.35. The number of thiazole rings is 1. The maximum atomic E-state index is 8.84. The number of fused-ring (bicyclic) bond motifs is 1. The van der Waals surface area contributed by atoms with Crippen LogP contribution in [0, 0.1) is 11.3 Å². The van der Waals surface area contributed by atoms with Crippen LogP contribution in [0.25, 0.3) is 10.2 Å². The predicted molar refractivity (Wildman–Crippen MR) is 93.0 cm³/mol.